The number of carbonyl (C=O) groups excluding carboxylic acids is 1. The van der Waals surface area contributed by atoms with E-state index in [0.717, 1.165) is 17.6 Å². The predicted octanol–water partition coefficient (Wildman–Crippen LogP) is 5.56. The van der Waals surface area contributed by atoms with E-state index in [1.807, 2.05) is 51.1 Å². The molecule has 1 saturated carbocycles. The lowest BCUT2D eigenvalue weighted by Gasteiger charge is -2.55. The molecule has 1 aromatic rings. The summed E-state index contributed by atoms with van der Waals surface area (Å²) in [5.74, 6) is 1.08. The molecule has 0 saturated heterocycles. The van der Waals surface area contributed by atoms with Crippen LogP contribution in [0.25, 0.3) is 0 Å². The number of hydrogen-bond acceptors (Lipinski definition) is 4. The summed E-state index contributed by atoms with van der Waals surface area (Å²) < 4.78 is 17.4. The maximum atomic E-state index is 12.3. The summed E-state index contributed by atoms with van der Waals surface area (Å²) in [5.41, 5.74) is 1.41. The van der Waals surface area contributed by atoms with Crippen molar-refractivity contribution in [3.63, 3.8) is 0 Å². The smallest absolute Gasteiger partial charge is 0.310 e. The molecule has 1 aliphatic carbocycles. The molecule has 0 bridgehead atoms. The summed E-state index contributed by atoms with van der Waals surface area (Å²) in [6.07, 6.45) is 7.98. The van der Waals surface area contributed by atoms with E-state index in [1.54, 1.807) is 13.2 Å². The van der Waals surface area contributed by atoms with Gasteiger partial charge in [-0.3, -0.25) is 4.79 Å². The minimum atomic E-state index is -0.670. The van der Waals surface area contributed by atoms with Gasteiger partial charge in [-0.05, 0) is 44.9 Å². The maximum absolute atomic E-state index is 12.3. The summed E-state index contributed by atoms with van der Waals surface area (Å²) >= 11 is 0. The molecule has 0 aliphatic heterocycles. The molecule has 152 valence electrons. The number of carbonyl (C=O) groups is 1. The first kappa shape index (κ1) is 21.8. The highest BCUT2D eigenvalue weighted by molar-refractivity contribution is 5.72. The fraction of sp³-hybridized carbons (Fsp3) is 0.458. The molecule has 0 unspecified atom stereocenters. The number of esters is 1. The van der Waals surface area contributed by atoms with Crippen LogP contribution in [0.4, 0.5) is 0 Å². The van der Waals surface area contributed by atoms with Crippen molar-refractivity contribution >= 4 is 5.97 Å². The number of aryl methyl sites for hydroxylation is 1. The highest BCUT2D eigenvalue weighted by Crippen LogP contribution is 2.57. The third-order valence-corrected chi connectivity index (χ3v) is 5.42. The van der Waals surface area contributed by atoms with E-state index in [1.165, 1.54) is 0 Å². The summed E-state index contributed by atoms with van der Waals surface area (Å²) in [5, 5.41) is 0. The molecule has 0 N–H and O–H groups in total. The molecule has 28 heavy (non-hydrogen) atoms. The standard InChI is InChI=1S/C24H32O4/c1-7-9-10-22(25)28-24(15-23(16-24,13-8-2)18(3)4)17-27-20-12-11-19(5)14-21(20)26-6/h7-9,11-12,14H,2-3,10,13,15-17H2,1,4-6H3. The van der Waals surface area contributed by atoms with Crippen molar-refractivity contribution in [2.45, 2.75) is 52.1 Å². The van der Waals surface area contributed by atoms with Crippen LogP contribution in [0.2, 0.25) is 0 Å². The van der Waals surface area contributed by atoms with E-state index >= 15 is 0 Å². The van der Waals surface area contributed by atoms with Crippen LogP contribution in [0, 0.1) is 12.3 Å². The summed E-state index contributed by atoms with van der Waals surface area (Å²) in [6, 6.07) is 5.79. The van der Waals surface area contributed by atoms with Crippen molar-refractivity contribution in [2.24, 2.45) is 5.41 Å². The van der Waals surface area contributed by atoms with Gasteiger partial charge in [-0.1, -0.05) is 36.4 Å². The zero-order valence-corrected chi connectivity index (χ0v) is 17.5. The lowest BCUT2D eigenvalue weighted by molar-refractivity contribution is -0.192. The Morgan fingerprint density at radius 1 is 1.29 bits per heavy atom. The van der Waals surface area contributed by atoms with Gasteiger partial charge in [0.1, 0.15) is 12.2 Å². The van der Waals surface area contributed by atoms with Crippen molar-refractivity contribution in [1.29, 1.82) is 0 Å². The normalized spacial score (nSPS) is 23.7. The van der Waals surface area contributed by atoms with Gasteiger partial charge < -0.3 is 14.2 Å². The number of benzene rings is 1. The topological polar surface area (TPSA) is 44.8 Å². The molecule has 0 heterocycles. The molecule has 0 aromatic heterocycles. The van der Waals surface area contributed by atoms with Crippen molar-refractivity contribution < 1.29 is 19.0 Å². The minimum Gasteiger partial charge on any atom is -0.493 e. The van der Waals surface area contributed by atoms with Crippen LogP contribution in [-0.4, -0.2) is 25.3 Å². The van der Waals surface area contributed by atoms with Crippen molar-refractivity contribution in [3.8, 4) is 11.5 Å². The van der Waals surface area contributed by atoms with Crippen molar-refractivity contribution in [1.82, 2.24) is 0 Å². The van der Waals surface area contributed by atoms with Crippen molar-refractivity contribution in [3.05, 3.63) is 60.7 Å². The second kappa shape index (κ2) is 9.13. The number of hydrogen-bond donors (Lipinski definition) is 0. The molecule has 1 fully saturated rings. The molecule has 1 aromatic carbocycles. The number of allylic oxidation sites excluding steroid dienone is 3. The molecule has 0 radical (unpaired) electrons. The Balaban J connectivity index is 2.19. The fourth-order valence-electron chi connectivity index (χ4n) is 3.88. The van der Waals surface area contributed by atoms with Gasteiger partial charge in [-0.25, -0.2) is 0 Å². The largest absolute Gasteiger partial charge is 0.493 e. The minimum absolute atomic E-state index is 0.0939. The second-order valence-corrected chi connectivity index (χ2v) is 7.78. The third-order valence-electron chi connectivity index (χ3n) is 5.42. The van der Waals surface area contributed by atoms with Gasteiger partial charge in [0.05, 0.1) is 13.5 Å². The van der Waals surface area contributed by atoms with E-state index in [9.17, 15) is 4.79 Å². The van der Waals surface area contributed by atoms with Crippen LogP contribution in [0.15, 0.2) is 55.2 Å². The Hall–Kier alpha value is -2.49. The number of methoxy groups -OCH3 is 1. The molecular weight excluding hydrogens is 352 g/mol. The third kappa shape index (κ3) is 4.86. The Morgan fingerprint density at radius 2 is 2.00 bits per heavy atom. The summed E-state index contributed by atoms with van der Waals surface area (Å²) in [7, 11) is 1.62. The van der Waals surface area contributed by atoms with Gasteiger partial charge in [0.2, 0.25) is 0 Å². The Kier molecular flexibility index (Phi) is 7.11. The highest BCUT2D eigenvalue weighted by Gasteiger charge is 2.57. The van der Waals surface area contributed by atoms with Crippen LogP contribution in [0.5, 0.6) is 11.5 Å². The van der Waals surface area contributed by atoms with Crippen LogP contribution in [0.3, 0.4) is 0 Å². The van der Waals surface area contributed by atoms with Crippen LogP contribution in [0.1, 0.15) is 45.1 Å². The number of ether oxygens (including phenoxy) is 3. The Labute approximate surface area is 168 Å². The average Bonchev–Trinajstić information content (AvgIpc) is 2.63. The molecule has 0 spiro atoms. The van der Waals surface area contributed by atoms with Gasteiger partial charge in [-0.2, -0.15) is 0 Å². The first-order valence-electron chi connectivity index (χ1n) is 9.67. The fourth-order valence-corrected chi connectivity index (χ4v) is 3.88. The maximum Gasteiger partial charge on any atom is 0.310 e. The summed E-state index contributed by atoms with van der Waals surface area (Å²) in [6.45, 7) is 14.2. The summed E-state index contributed by atoms with van der Waals surface area (Å²) in [4.78, 5) is 12.3. The van der Waals surface area contributed by atoms with Gasteiger partial charge in [0.15, 0.2) is 11.5 Å². The van der Waals surface area contributed by atoms with Crippen LogP contribution >= 0.6 is 0 Å². The van der Waals surface area contributed by atoms with E-state index in [-0.39, 0.29) is 24.4 Å². The van der Waals surface area contributed by atoms with Gasteiger partial charge >= 0.3 is 5.97 Å². The zero-order chi connectivity index (χ0) is 20.8. The molecule has 0 atom stereocenters. The lowest BCUT2D eigenvalue weighted by Crippen LogP contribution is -2.58. The molecule has 4 heteroatoms. The highest BCUT2D eigenvalue weighted by atomic mass is 16.6. The Bertz CT molecular complexity index is 754. The lowest BCUT2D eigenvalue weighted by atomic mass is 9.55. The van der Waals surface area contributed by atoms with Crippen molar-refractivity contribution in [2.75, 3.05) is 13.7 Å². The number of rotatable bonds is 10. The van der Waals surface area contributed by atoms with E-state index in [2.05, 4.69) is 13.2 Å². The van der Waals surface area contributed by atoms with Crippen LogP contribution in [-0.2, 0) is 9.53 Å². The van der Waals surface area contributed by atoms with Gasteiger partial charge in [0, 0.05) is 18.3 Å². The Morgan fingerprint density at radius 3 is 2.57 bits per heavy atom. The van der Waals surface area contributed by atoms with E-state index in [4.69, 9.17) is 14.2 Å². The zero-order valence-electron chi connectivity index (χ0n) is 17.5. The average molecular weight is 385 g/mol. The molecule has 0 amide bonds. The van der Waals surface area contributed by atoms with Crippen LogP contribution < -0.4 is 9.47 Å². The van der Waals surface area contributed by atoms with E-state index in [0.29, 0.717) is 24.3 Å². The first-order chi connectivity index (χ1) is 13.3. The SMILES string of the molecule is C=CCC1(C(=C)C)CC(COc2ccc(C)cc2OC)(OC(=O)CC=CC)C1. The predicted molar refractivity (Wildman–Crippen MR) is 113 cm³/mol. The quantitative estimate of drug-likeness (QED) is 0.391. The molecule has 1 aliphatic rings. The molecule has 4 nitrogen and oxygen atoms in total. The molecular formula is C24H32O4. The van der Waals surface area contributed by atoms with Gasteiger partial charge in [-0.15, -0.1) is 6.58 Å². The first-order valence-corrected chi connectivity index (χ1v) is 9.67. The van der Waals surface area contributed by atoms with Gasteiger partial charge in [0.25, 0.3) is 0 Å². The van der Waals surface area contributed by atoms with E-state index < -0.39 is 5.60 Å². The molecule has 2 rings (SSSR count). The second-order valence-electron chi connectivity index (χ2n) is 7.78. The monoisotopic (exact) mass is 384 g/mol.